The summed E-state index contributed by atoms with van der Waals surface area (Å²) in [5, 5.41) is 6.95. The lowest BCUT2D eigenvalue weighted by molar-refractivity contribution is 0.387. The maximum absolute atomic E-state index is 3.48. The molecule has 1 aromatic rings. The molecule has 0 bridgehead atoms. The molecule has 0 aromatic carbocycles. The number of nitrogens with one attached hydrogen (secondary N) is 3. The van der Waals surface area contributed by atoms with Crippen LogP contribution in [0.4, 0.5) is 0 Å². The highest BCUT2D eigenvalue weighted by atomic mass is 79.9. The summed E-state index contributed by atoms with van der Waals surface area (Å²) in [6.07, 6.45) is 1.95. The fourth-order valence-corrected chi connectivity index (χ4v) is 1.72. The molecule has 1 unspecified atom stereocenters. The Bertz CT molecular complexity index is 314. The third-order valence-corrected chi connectivity index (χ3v) is 2.74. The highest BCUT2D eigenvalue weighted by Gasteiger charge is 2.10. The van der Waals surface area contributed by atoms with Crippen molar-refractivity contribution in [3.8, 4) is 0 Å². The maximum Gasteiger partial charge on any atom is 0.0360 e. The topological polar surface area (TPSA) is 39.8 Å². The van der Waals surface area contributed by atoms with Gasteiger partial charge in [-0.3, -0.25) is 0 Å². The molecule has 0 radical (unpaired) electrons. The van der Waals surface area contributed by atoms with E-state index in [0.29, 0.717) is 6.04 Å². The molecule has 1 heterocycles. The summed E-state index contributed by atoms with van der Waals surface area (Å²) in [6.45, 7) is 10.6. The Hall–Kier alpha value is -0.320. The quantitative estimate of drug-likeness (QED) is 0.779. The molecular weight excluding hydrogens is 266 g/mol. The van der Waals surface area contributed by atoms with Gasteiger partial charge in [0.15, 0.2) is 0 Å². The van der Waals surface area contributed by atoms with Crippen molar-refractivity contribution in [2.75, 3.05) is 6.54 Å². The second kappa shape index (κ2) is 5.84. The predicted octanol–water partition coefficient (Wildman–Crippen LogP) is 2.64. The van der Waals surface area contributed by atoms with Crippen LogP contribution < -0.4 is 10.6 Å². The van der Waals surface area contributed by atoms with Crippen LogP contribution in [0.15, 0.2) is 16.7 Å². The SMILES string of the molecule is CC(CNC(C)(C)C)NCc1cc(Br)c[nH]1. The van der Waals surface area contributed by atoms with Crippen molar-refractivity contribution in [3.63, 3.8) is 0 Å². The standard InChI is InChI=1S/C12H22BrN3/c1-9(6-16-12(2,3)4)14-8-11-5-10(13)7-15-11/h5,7,9,14-16H,6,8H2,1-4H3. The van der Waals surface area contributed by atoms with Gasteiger partial charge in [-0.15, -0.1) is 0 Å². The second-order valence-corrected chi connectivity index (χ2v) is 6.17. The minimum atomic E-state index is 0.186. The van der Waals surface area contributed by atoms with Crippen LogP contribution in [0.25, 0.3) is 0 Å². The lowest BCUT2D eigenvalue weighted by Gasteiger charge is -2.23. The van der Waals surface area contributed by atoms with Gasteiger partial charge in [-0.2, -0.15) is 0 Å². The van der Waals surface area contributed by atoms with Crippen LogP contribution in [0.5, 0.6) is 0 Å². The van der Waals surface area contributed by atoms with E-state index in [2.05, 4.69) is 65.3 Å². The molecule has 0 spiro atoms. The van der Waals surface area contributed by atoms with Gasteiger partial charge in [0.1, 0.15) is 0 Å². The summed E-state index contributed by atoms with van der Waals surface area (Å²) in [5.41, 5.74) is 1.39. The molecule has 16 heavy (non-hydrogen) atoms. The van der Waals surface area contributed by atoms with Gasteiger partial charge in [-0.25, -0.2) is 0 Å². The predicted molar refractivity (Wildman–Crippen MR) is 72.6 cm³/mol. The molecule has 0 saturated carbocycles. The fourth-order valence-electron chi connectivity index (χ4n) is 1.33. The number of halogens is 1. The summed E-state index contributed by atoms with van der Waals surface area (Å²) < 4.78 is 1.10. The van der Waals surface area contributed by atoms with E-state index in [1.165, 1.54) is 5.69 Å². The van der Waals surface area contributed by atoms with Gasteiger partial charge >= 0.3 is 0 Å². The van der Waals surface area contributed by atoms with E-state index in [1.54, 1.807) is 0 Å². The number of hydrogen-bond acceptors (Lipinski definition) is 2. The molecule has 0 aliphatic rings. The molecular formula is C12H22BrN3. The van der Waals surface area contributed by atoms with E-state index < -0.39 is 0 Å². The lowest BCUT2D eigenvalue weighted by atomic mass is 10.1. The molecule has 0 aliphatic heterocycles. The zero-order chi connectivity index (χ0) is 12.2. The summed E-state index contributed by atoms with van der Waals surface area (Å²) in [6, 6.07) is 2.55. The van der Waals surface area contributed by atoms with Crippen LogP contribution in [0.1, 0.15) is 33.4 Å². The Balaban J connectivity index is 2.22. The van der Waals surface area contributed by atoms with E-state index in [9.17, 15) is 0 Å². The van der Waals surface area contributed by atoms with Crippen LogP contribution in [0.3, 0.4) is 0 Å². The van der Waals surface area contributed by atoms with Crippen LogP contribution in [-0.4, -0.2) is 23.1 Å². The van der Waals surface area contributed by atoms with Gasteiger partial charge in [0.25, 0.3) is 0 Å². The van der Waals surface area contributed by atoms with Crippen molar-refractivity contribution in [3.05, 3.63) is 22.4 Å². The van der Waals surface area contributed by atoms with Gasteiger partial charge in [0.2, 0.25) is 0 Å². The van der Waals surface area contributed by atoms with Crippen LogP contribution in [0, 0.1) is 0 Å². The molecule has 3 nitrogen and oxygen atoms in total. The van der Waals surface area contributed by atoms with E-state index in [0.717, 1.165) is 17.6 Å². The molecule has 0 saturated heterocycles. The average molecular weight is 288 g/mol. The normalized spacial score (nSPS) is 14.1. The largest absolute Gasteiger partial charge is 0.363 e. The van der Waals surface area contributed by atoms with Crippen molar-refractivity contribution in [1.82, 2.24) is 15.6 Å². The summed E-state index contributed by atoms with van der Waals surface area (Å²) in [4.78, 5) is 3.20. The van der Waals surface area contributed by atoms with Crippen LogP contribution in [-0.2, 0) is 6.54 Å². The molecule has 0 amide bonds. The first-order valence-electron chi connectivity index (χ1n) is 5.68. The Morgan fingerprint density at radius 1 is 1.44 bits per heavy atom. The zero-order valence-electron chi connectivity index (χ0n) is 10.5. The Morgan fingerprint density at radius 2 is 2.12 bits per heavy atom. The van der Waals surface area contributed by atoms with Gasteiger partial charge in [-0.1, -0.05) is 0 Å². The second-order valence-electron chi connectivity index (χ2n) is 5.26. The molecule has 4 heteroatoms. The van der Waals surface area contributed by atoms with Crippen molar-refractivity contribution in [2.45, 2.75) is 45.8 Å². The van der Waals surface area contributed by atoms with Crippen molar-refractivity contribution >= 4 is 15.9 Å². The molecule has 1 atom stereocenters. The summed E-state index contributed by atoms with van der Waals surface area (Å²) in [7, 11) is 0. The van der Waals surface area contributed by atoms with Crippen molar-refractivity contribution in [1.29, 1.82) is 0 Å². The highest BCUT2D eigenvalue weighted by molar-refractivity contribution is 9.10. The lowest BCUT2D eigenvalue weighted by Crippen LogP contribution is -2.44. The molecule has 0 fully saturated rings. The minimum absolute atomic E-state index is 0.186. The summed E-state index contributed by atoms with van der Waals surface area (Å²) >= 11 is 3.42. The molecule has 1 rings (SSSR count). The van der Waals surface area contributed by atoms with Gasteiger partial charge < -0.3 is 15.6 Å². The smallest absolute Gasteiger partial charge is 0.0360 e. The van der Waals surface area contributed by atoms with E-state index in [1.807, 2.05) is 6.20 Å². The maximum atomic E-state index is 3.48. The summed E-state index contributed by atoms with van der Waals surface area (Å²) in [5.74, 6) is 0. The third kappa shape index (κ3) is 5.68. The Labute approximate surface area is 107 Å². The number of H-pyrrole nitrogens is 1. The molecule has 0 aliphatic carbocycles. The first-order valence-corrected chi connectivity index (χ1v) is 6.47. The first-order chi connectivity index (χ1) is 7.37. The van der Waals surface area contributed by atoms with Gasteiger partial charge in [-0.05, 0) is 49.7 Å². The van der Waals surface area contributed by atoms with E-state index in [-0.39, 0.29) is 5.54 Å². The van der Waals surface area contributed by atoms with Crippen LogP contribution >= 0.6 is 15.9 Å². The van der Waals surface area contributed by atoms with Gasteiger partial charge in [0, 0.05) is 41.0 Å². The van der Waals surface area contributed by atoms with Crippen LogP contribution in [0.2, 0.25) is 0 Å². The van der Waals surface area contributed by atoms with E-state index >= 15 is 0 Å². The number of aromatic nitrogens is 1. The Morgan fingerprint density at radius 3 is 2.62 bits per heavy atom. The molecule has 1 aromatic heterocycles. The number of aromatic amines is 1. The van der Waals surface area contributed by atoms with Crippen molar-refractivity contribution < 1.29 is 0 Å². The monoisotopic (exact) mass is 287 g/mol. The number of hydrogen-bond donors (Lipinski definition) is 3. The van der Waals surface area contributed by atoms with Crippen molar-refractivity contribution in [2.24, 2.45) is 0 Å². The molecule has 92 valence electrons. The highest BCUT2D eigenvalue weighted by Crippen LogP contribution is 2.10. The Kier molecular flexibility index (Phi) is 5.02. The van der Waals surface area contributed by atoms with E-state index in [4.69, 9.17) is 0 Å². The third-order valence-electron chi connectivity index (χ3n) is 2.29. The molecule has 3 N–H and O–H groups in total. The zero-order valence-corrected chi connectivity index (χ0v) is 12.1. The minimum Gasteiger partial charge on any atom is -0.363 e. The fraction of sp³-hybridized carbons (Fsp3) is 0.667. The first kappa shape index (κ1) is 13.7. The number of rotatable bonds is 5. The van der Waals surface area contributed by atoms with Gasteiger partial charge in [0.05, 0.1) is 0 Å². The average Bonchev–Trinajstić information content (AvgIpc) is 2.57.